The lowest BCUT2D eigenvalue weighted by atomic mass is 10.0. The van der Waals surface area contributed by atoms with Gasteiger partial charge in [-0.15, -0.1) is 0 Å². The Morgan fingerprint density at radius 2 is 2.04 bits per heavy atom. The van der Waals surface area contributed by atoms with Crippen LogP contribution in [0.2, 0.25) is 0 Å². The summed E-state index contributed by atoms with van der Waals surface area (Å²) in [5, 5.41) is 1.10. The SMILES string of the molecule is COc1ccccc1-c1ccc2c(c1)c(CC(N)=O)cn2CC1CC1. The summed E-state index contributed by atoms with van der Waals surface area (Å²) in [6.07, 6.45) is 4.96. The second kappa shape index (κ2) is 6.28. The molecule has 1 aliphatic rings. The van der Waals surface area contributed by atoms with Crippen LogP contribution in [-0.2, 0) is 17.8 Å². The van der Waals surface area contributed by atoms with E-state index in [0.29, 0.717) is 0 Å². The molecule has 2 N–H and O–H groups in total. The molecule has 0 atom stereocenters. The number of hydrogen-bond acceptors (Lipinski definition) is 2. The first-order valence-electron chi connectivity index (χ1n) is 8.69. The van der Waals surface area contributed by atoms with Crippen molar-refractivity contribution >= 4 is 16.8 Å². The van der Waals surface area contributed by atoms with Gasteiger partial charge in [0.25, 0.3) is 0 Å². The molecule has 0 spiro atoms. The van der Waals surface area contributed by atoms with Crippen molar-refractivity contribution in [2.24, 2.45) is 11.7 Å². The first kappa shape index (κ1) is 15.8. The number of benzene rings is 2. The minimum absolute atomic E-state index is 0.267. The summed E-state index contributed by atoms with van der Waals surface area (Å²) >= 11 is 0. The number of fused-ring (bicyclic) bond motifs is 1. The van der Waals surface area contributed by atoms with Crippen molar-refractivity contribution in [3.8, 4) is 16.9 Å². The van der Waals surface area contributed by atoms with Gasteiger partial charge in [0, 0.05) is 29.2 Å². The first-order chi connectivity index (χ1) is 12.2. The Bertz CT molecular complexity index is 938. The van der Waals surface area contributed by atoms with E-state index >= 15 is 0 Å². The third-order valence-corrected chi connectivity index (χ3v) is 4.90. The molecule has 0 saturated heterocycles. The Morgan fingerprint density at radius 1 is 1.24 bits per heavy atom. The Morgan fingerprint density at radius 3 is 2.76 bits per heavy atom. The molecule has 3 aromatic rings. The molecular weight excluding hydrogens is 312 g/mol. The Kier molecular flexibility index (Phi) is 3.96. The van der Waals surface area contributed by atoms with Crippen molar-refractivity contribution in [3.63, 3.8) is 0 Å². The van der Waals surface area contributed by atoms with Gasteiger partial charge in [-0.2, -0.15) is 0 Å². The summed E-state index contributed by atoms with van der Waals surface area (Å²) in [4.78, 5) is 11.5. The highest BCUT2D eigenvalue weighted by Gasteiger charge is 2.23. The van der Waals surface area contributed by atoms with Gasteiger partial charge in [-0.1, -0.05) is 24.3 Å². The van der Waals surface area contributed by atoms with Gasteiger partial charge in [0.05, 0.1) is 13.5 Å². The average Bonchev–Trinajstić information content (AvgIpc) is 3.37. The standard InChI is InChI=1S/C21H22N2O2/c1-25-20-5-3-2-4-17(20)15-8-9-19-18(10-15)16(11-21(22)24)13-23(19)12-14-6-7-14/h2-5,8-10,13-14H,6-7,11-12H2,1H3,(H2,22,24). The van der Waals surface area contributed by atoms with Crippen LogP contribution in [0.4, 0.5) is 0 Å². The van der Waals surface area contributed by atoms with Crippen LogP contribution in [0.25, 0.3) is 22.0 Å². The number of carbonyl (C=O) groups is 1. The molecule has 0 radical (unpaired) electrons. The van der Waals surface area contributed by atoms with E-state index in [4.69, 9.17) is 10.5 Å². The summed E-state index contributed by atoms with van der Waals surface area (Å²) in [5.41, 5.74) is 9.76. The molecule has 4 nitrogen and oxygen atoms in total. The summed E-state index contributed by atoms with van der Waals surface area (Å²) in [5.74, 6) is 1.31. The molecule has 128 valence electrons. The van der Waals surface area contributed by atoms with E-state index in [0.717, 1.165) is 40.3 Å². The zero-order valence-corrected chi connectivity index (χ0v) is 14.4. The van der Waals surface area contributed by atoms with E-state index in [2.05, 4.69) is 35.0 Å². The van der Waals surface area contributed by atoms with Crippen LogP contribution in [-0.4, -0.2) is 17.6 Å². The van der Waals surface area contributed by atoms with Crippen LogP contribution < -0.4 is 10.5 Å². The molecule has 1 fully saturated rings. The minimum Gasteiger partial charge on any atom is -0.496 e. The number of nitrogens with zero attached hydrogens (tertiary/aromatic N) is 1. The molecule has 0 bridgehead atoms. The number of hydrogen-bond donors (Lipinski definition) is 1. The third-order valence-electron chi connectivity index (χ3n) is 4.90. The van der Waals surface area contributed by atoms with Crippen molar-refractivity contribution in [3.05, 3.63) is 54.2 Å². The topological polar surface area (TPSA) is 57.2 Å². The van der Waals surface area contributed by atoms with Crippen molar-refractivity contribution in [1.29, 1.82) is 0 Å². The van der Waals surface area contributed by atoms with Crippen molar-refractivity contribution in [2.45, 2.75) is 25.8 Å². The number of ether oxygens (including phenoxy) is 1. The third kappa shape index (κ3) is 3.12. The fourth-order valence-corrected chi connectivity index (χ4v) is 3.48. The summed E-state index contributed by atoms with van der Waals surface area (Å²) in [7, 11) is 1.68. The molecule has 1 aliphatic carbocycles. The molecule has 0 unspecified atom stereocenters. The fraction of sp³-hybridized carbons (Fsp3) is 0.286. The molecule has 1 amide bonds. The van der Waals surface area contributed by atoms with Gasteiger partial charge in [-0.3, -0.25) is 4.79 Å². The predicted octanol–water partition coefficient (Wildman–Crippen LogP) is 3.75. The second-order valence-corrected chi connectivity index (χ2v) is 6.83. The lowest BCUT2D eigenvalue weighted by Crippen LogP contribution is -2.13. The average molecular weight is 334 g/mol. The van der Waals surface area contributed by atoms with Crippen LogP contribution in [0.15, 0.2) is 48.7 Å². The van der Waals surface area contributed by atoms with Crippen molar-refractivity contribution in [2.75, 3.05) is 7.11 Å². The van der Waals surface area contributed by atoms with Gasteiger partial charge in [0.1, 0.15) is 5.75 Å². The van der Waals surface area contributed by atoms with E-state index in [-0.39, 0.29) is 12.3 Å². The number of para-hydroxylation sites is 1. The summed E-state index contributed by atoms with van der Waals surface area (Å²) < 4.78 is 7.77. The molecule has 0 aliphatic heterocycles. The highest BCUT2D eigenvalue weighted by Crippen LogP contribution is 2.36. The van der Waals surface area contributed by atoms with E-state index in [9.17, 15) is 4.79 Å². The normalized spacial score (nSPS) is 14.0. The molecule has 1 aromatic heterocycles. The Labute approximate surface area is 147 Å². The largest absolute Gasteiger partial charge is 0.496 e. The van der Waals surface area contributed by atoms with Crippen LogP contribution in [0.3, 0.4) is 0 Å². The molecule has 4 rings (SSSR count). The molecule has 25 heavy (non-hydrogen) atoms. The molecule has 2 aromatic carbocycles. The van der Waals surface area contributed by atoms with E-state index < -0.39 is 0 Å². The number of rotatable bonds is 6. The first-order valence-corrected chi connectivity index (χ1v) is 8.69. The van der Waals surface area contributed by atoms with Crippen LogP contribution in [0.5, 0.6) is 5.75 Å². The Balaban J connectivity index is 1.84. The maximum absolute atomic E-state index is 11.5. The second-order valence-electron chi connectivity index (χ2n) is 6.83. The molecule has 4 heteroatoms. The van der Waals surface area contributed by atoms with Crippen LogP contribution >= 0.6 is 0 Å². The predicted molar refractivity (Wildman–Crippen MR) is 99.5 cm³/mol. The van der Waals surface area contributed by atoms with E-state index in [1.54, 1.807) is 7.11 Å². The van der Waals surface area contributed by atoms with E-state index in [1.165, 1.54) is 18.4 Å². The maximum Gasteiger partial charge on any atom is 0.221 e. The monoisotopic (exact) mass is 334 g/mol. The number of amides is 1. The van der Waals surface area contributed by atoms with E-state index in [1.807, 2.05) is 18.2 Å². The molecular formula is C21H22N2O2. The lowest BCUT2D eigenvalue weighted by Gasteiger charge is -2.09. The molecule has 1 heterocycles. The molecule has 1 saturated carbocycles. The van der Waals surface area contributed by atoms with Crippen LogP contribution in [0.1, 0.15) is 18.4 Å². The number of methoxy groups -OCH3 is 1. The smallest absolute Gasteiger partial charge is 0.221 e. The number of carbonyl (C=O) groups excluding carboxylic acids is 1. The van der Waals surface area contributed by atoms with Gasteiger partial charge in [-0.05, 0) is 48.1 Å². The minimum atomic E-state index is -0.298. The number of primary amides is 1. The fourth-order valence-electron chi connectivity index (χ4n) is 3.48. The van der Waals surface area contributed by atoms with Crippen molar-refractivity contribution < 1.29 is 9.53 Å². The highest BCUT2D eigenvalue weighted by atomic mass is 16.5. The van der Waals surface area contributed by atoms with Gasteiger partial charge in [0.2, 0.25) is 5.91 Å². The highest BCUT2D eigenvalue weighted by molar-refractivity contribution is 5.92. The zero-order valence-electron chi connectivity index (χ0n) is 14.4. The summed E-state index contributed by atoms with van der Waals surface area (Å²) in [6, 6.07) is 14.4. The lowest BCUT2D eigenvalue weighted by molar-refractivity contribution is -0.117. The van der Waals surface area contributed by atoms with Gasteiger partial charge >= 0.3 is 0 Å². The van der Waals surface area contributed by atoms with Crippen LogP contribution in [0, 0.1) is 5.92 Å². The Hall–Kier alpha value is -2.75. The van der Waals surface area contributed by atoms with Gasteiger partial charge in [-0.25, -0.2) is 0 Å². The zero-order chi connectivity index (χ0) is 17.4. The van der Waals surface area contributed by atoms with Gasteiger partial charge in [0.15, 0.2) is 0 Å². The number of aromatic nitrogens is 1. The summed E-state index contributed by atoms with van der Waals surface area (Å²) in [6.45, 7) is 1.02. The van der Waals surface area contributed by atoms with Gasteiger partial charge < -0.3 is 15.0 Å². The number of nitrogens with two attached hydrogens (primary N) is 1. The maximum atomic E-state index is 11.5. The quantitative estimate of drug-likeness (QED) is 0.746. The van der Waals surface area contributed by atoms with Crippen molar-refractivity contribution in [1.82, 2.24) is 4.57 Å².